The van der Waals surface area contributed by atoms with Gasteiger partial charge in [-0.25, -0.2) is 0 Å². The third-order valence-corrected chi connectivity index (χ3v) is 5.65. The van der Waals surface area contributed by atoms with Gasteiger partial charge in [-0.2, -0.15) is 5.26 Å². The molecule has 32 heavy (non-hydrogen) atoms. The number of amides is 2. The van der Waals surface area contributed by atoms with Gasteiger partial charge in [0.25, 0.3) is 0 Å². The molecule has 0 saturated carbocycles. The molecular weight excluding hydrogens is 407 g/mol. The molecule has 0 aliphatic carbocycles. The van der Waals surface area contributed by atoms with Gasteiger partial charge in [-0.15, -0.1) is 0 Å². The van der Waals surface area contributed by atoms with E-state index >= 15 is 0 Å². The number of nitrogens with two attached hydrogens (primary N) is 1. The zero-order valence-corrected chi connectivity index (χ0v) is 17.7. The van der Waals surface area contributed by atoms with Crippen molar-refractivity contribution in [2.24, 2.45) is 5.73 Å². The average molecular weight is 434 g/mol. The fourth-order valence-electron chi connectivity index (χ4n) is 4.00. The first-order chi connectivity index (χ1) is 15.4. The summed E-state index contributed by atoms with van der Waals surface area (Å²) in [6, 6.07) is 16.7. The molecule has 5 N–H and O–H groups in total. The number of nitrogens with one attached hydrogen (secondary N) is 1. The monoisotopic (exact) mass is 434 g/mol. The van der Waals surface area contributed by atoms with Gasteiger partial charge >= 0.3 is 7.12 Å². The average Bonchev–Trinajstić information content (AvgIpc) is 3.29. The highest BCUT2D eigenvalue weighted by Gasteiger charge is 2.38. The normalized spacial score (nSPS) is 17.3. The summed E-state index contributed by atoms with van der Waals surface area (Å²) in [5, 5.41) is 31.3. The summed E-state index contributed by atoms with van der Waals surface area (Å²) >= 11 is 0. The lowest BCUT2D eigenvalue weighted by molar-refractivity contribution is -0.139. The molecule has 3 atom stereocenters. The highest BCUT2D eigenvalue weighted by atomic mass is 16.4. The SMILES string of the molecule is N#Cc1cccc(CC(NC(=O)[C@@H]2CCCN2C(=O)[C@H](N)Cc2ccccc2)B(O)O)c1. The molecule has 0 spiro atoms. The third kappa shape index (κ3) is 5.95. The number of carbonyl (C=O) groups is 2. The minimum Gasteiger partial charge on any atom is -0.426 e. The summed E-state index contributed by atoms with van der Waals surface area (Å²) in [6.07, 6.45) is 1.65. The van der Waals surface area contributed by atoms with Crippen molar-refractivity contribution in [3.05, 3.63) is 71.3 Å². The van der Waals surface area contributed by atoms with E-state index in [9.17, 15) is 19.6 Å². The van der Waals surface area contributed by atoms with Crippen molar-refractivity contribution < 1.29 is 19.6 Å². The van der Waals surface area contributed by atoms with Gasteiger partial charge in [-0.3, -0.25) is 9.59 Å². The van der Waals surface area contributed by atoms with Crippen molar-refractivity contribution in [1.29, 1.82) is 5.26 Å². The Morgan fingerprint density at radius 3 is 2.56 bits per heavy atom. The Labute approximate surface area is 187 Å². The van der Waals surface area contributed by atoms with E-state index in [1.807, 2.05) is 36.4 Å². The van der Waals surface area contributed by atoms with Gasteiger partial charge in [-0.05, 0) is 48.9 Å². The molecule has 1 unspecified atom stereocenters. The molecule has 1 aliphatic heterocycles. The Morgan fingerprint density at radius 2 is 1.88 bits per heavy atom. The smallest absolute Gasteiger partial charge is 0.426 e. The van der Waals surface area contributed by atoms with Crippen molar-refractivity contribution in [3.8, 4) is 6.07 Å². The van der Waals surface area contributed by atoms with Gasteiger partial charge in [0.1, 0.15) is 6.04 Å². The number of hydrogen-bond donors (Lipinski definition) is 4. The molecule has 0 bridgehead atoms. The highest BCUT2D eigenvalue weighted by molar-refractivity contribution is 6.43. The number of benzene rings is 2. The van der Waals surface area contributed by atoms with Crippen molar-refractivity contribution in [1.82, 2.24) is 10.2 Å². The van der Waals surface area contributed by atoms with Gasteiger partial charge in [0, 0.05) is 6.54 Å². The quantitative estimate of drug-likeness (QED) is 0.437. The maximum atomic E-state index is 12.9. The van der Waals surface area contributed by atoms with Gasteiger partial charge in [0.05, 0.1) is 23.6 Å². The molecule has 1 heterocycles. The van der Waals surface area contributed by atoms with Crippen LogP contribution in [0.5, 0.6) is 0 Å². The van der Waals surface area contributed by atoms with Crippen LogP contribution in [0.3, 0.4) is 0 Å². The predicted octanol–water partition coefficient (Wildman–Crippen LogP) is 0.159. The van der Waals surface area contributed by atoms with Crippen LogP contribution in [0.4, 0.5) is 0 Å². The Bertz CT molecular complexity index is 979. The summed E-state index contributed by atoms with van der Waals surface area (Å²) in [5.74, 6) is -1.72. The van der Waals surface area contributed by atoms with E-state index < -0.39 is 31.1 Å². The molecule has 2 aromatic rings. The van der Waals surface area contributed by atoms with Gasteiger partial charge in [0.15, 0.2) is 0 Å². The summed E-state index contributed by atoms with van der Waals surface area (Å²) in [7, 11) is -1.80. The molecule has 1 fully saturated rings. The van der Waals surface area contributed by atoms with E-state index in [2.05, 4.69) is 5.32 Å². The van der Waals surface area contributed by atoms with E-state index in [1.165, 1.54) is 4.90 Å². The van der Waals surface area contributed by atoms with Crippen molar-refractivity contribution >= 4 is 18.9 Å². The summed E-state index contributed by atoms with van der Waals surface area (Å²) in [4.78, 5) is 27.4. The molecule has 9 heteroatoms. The van der Waals surface area contributed by atoms with Crippen LogP contribution in [0.15, 0.2) is 54.6 Å². The van der Waals surface area contributed by atoms with E-state index in [1.54, 1.807) is 24.3 Å². The lowest BCUT2D eigenvalue weighted by atomic mass is 9.75. The molecule has 1 saturated heterocycles. The number of rotatable bonds is 8. The standard InChI is InChI=1S/C23H27BN4O4/c25-15-18-9-4-8-17(12-18)14-21(24(31)32)27-22(29)20-10-5-11-28(20)23(30)19(26)13-16-6-2-1-3-7-16/h1-4,6-9,12,19-21,31-32H,5,10-11,13-14,26H2,(H,27,29)/t19-,20+,21?/m1/s1. The first kappa shape index (κ1) is 23.5. The minimum absolute atomic E-state index is 0.132. The summed E-state index contributed by atoms with van der Waals surface area (Å²) < 4.78 is 0. The van der Waals surface area contributed by atoms with E-state index in [4.69, 9.17) is 11.0 Å². The number of hydrogen-bond acceptors (Lipinski definition) is 6. The zero-order chi connectivity index (χ0) is 23.1. The van der Waals surface area contributed by atoms with E-state index in [-0.39, 0.29) is 12.3 Å². The van der Waals surface area contributed by atoms with E-state index in [0.29, 0.717) is 36.9 Å². The fraction of sp³-hybridized carbons (Fsp3) is 0.348. The maximum Gasteiger partial charge on any atom is 0.475 e. The van der Waals surface area contributed by atoms with Crippen LogP contribution < -0.4 is 11.1 Å². The van der Waals surface area contributed by atoms with Crippen molar-refractivity contribution in [2.45, 2.75) is 43.7 Å². The molecule has 8 nitrogen and oxygen atoms in total. The number of nitrogens with zero attached hydrogens (tertiary/aromatic N) is 2. The van der Waals surface area contributed by atoms with Gasteiger partial charge in [0.2, 0.25) is 11.8 Å². The van der Waals surface area contributed by atoms with Gasteiger partial charge in [-0.1, -0.05) is 42.5 Å². The van der Waals surface area contributed by atoms with Crippen LogP contribution in [0.1, 0.15) is 29.5 Å². The first-order valence-electron chi connectivity index (χ1n) is 10.6. The summed E-state index contributed by atoms with van der Waals surface area (Å²) in [6.45, 7) is 0.427. The van der Waals surface area contributed by atoms with Crippen LogP contribution >= 0.6 is 0 Å². The molecule has 3 rings (SSSR count). The lowest BCUT2D eigenvalue weighted by Crippen LogP contribution is -2.56. The summed E-state index contributed by atoms with van der Waals surface area (Å²) in [5.41, 5.74) is 8.21. The lowest BCUT2D eigenvalue weighted by Gasteiger charge is -2.28. The second-order valence-corrected chi connectivity index (χ2v) is 8.03. The minimum atomic E-state index is -1.80. The van der Waals surface area contributed by atoms with Crippen molar-refractivity contribution in [2.75, 3.05) is 6.54 Å². The molecule has 166 valence electrons. The second kappa shape index (κ2) is 10.9. The Kier molecular flexibility index (Phi) is 8.00. The number of likely N-dealkylation sites (tertiary alicyclic amines) is 1. The first-order valence-corrected chi connectivity index (χ1v) is 10.6. The Hall–Kier alpha value is -3.19. The Balaban J connectivity index is 1.65. The molecule has 2 amide bonds. The predicted molar refractivity (Wildman–Crippen MR) is 120 cm³/mol. The highest BCUT2D eigenvalue weighted by Crippen LogP contribution is 2.20. The second-order valence-electron chi connectivity index (χ2n) is 8.03. The number of nitriles is 1. The molecule has 0 aromatic heterocycles. The molecule has 1 aliphatic rings. The zero-order valence-electron chi connectivity index (χ0n) is 17.7. The van der Waals surface area contributed by atoms with Crippen LogP contribution in [0.25, 0.3) is 0 Å². The molecule has 0 radical (unpaired) electrons. The molecule has 2 aromatic carbocycles. The maximum absolute atomic E-state index is 12.9. The fourth-order valence-corrected chi connectivity index (χ4v) is 4.00. The van der Waals surface area contributed by atoms with Crippen LogP contribution in [0.2, 0.25) is 0 Å². The van der Waals surface area contributed by atoms with Crippen LogP contribution in [0, 0.1) is 11.3 Å². The van der Waals surface area contributed by atoms with Crippen molar-refractivity contribution in [3.63, 3.8) is 0 Å². The largest absolute Gasteiger partial charge is 0.475 e. The van der Waals surface area contributed by atoms with E-state index in [0.717, 1.165) is 5.56 Å². The van der Waals surface area contributed by atoms with Crippen LogP contribution in [-0.2, 0) is 22.4 Å². The third-order valence-electron chi connectivity index (χ3n) is 5.65. The molecular formula is C23H27BN4O4. The number of carbonyl (C=O) groups excluding carboxylic acids is 2. The Morgan fingerprint density at radius 1 is 1.16 bits per heavy atom. The van der Waals surface area contributed by atoms with Crippen LogP contribution in [-0.4, -0.2) is 58.5 Å². The van der Waals surface area contributed by atoms with Gasteiger partial charge < -0.3 is 26.0 Å². The topological polar surface area (TPSA) is 140 Å².